The summed E-state index contributed by atoms with van der Waals surface area (Å²) in [4.78, 5) is 16.4. The minimum absolute atomic E-state index is 0.210. The molecule has 7 heteroatoms. The van der Waals surface area contributed by atoms with Crippen molar-refractivity contribution in [3.8, 4) is 17.5 Å². The summed E-state index contributed by atoms with van der Waals surface area (Å²) in [5.74, 6) is 0.422. The summed E-state index contributed by atoms with van der Waals surface area (Å²) in [5, 5.41) is 11.3. The van der Waals surface area contributed by atoms with E-state index in [2.05, 4.69) is 4.98 Å². The monoisotopic (exact) mass is 315 g/mol. The summed E-state index contributed by atoms with van der Waals surface area (Å²) in [6.07, 6.45) is 0. The molecule has 0 saturated carbocycles. The molecule has 2 aromatic heterocycles. The molecule has 0 unspecified atom stereocenters. The fourth-order valence-corrected chi connectivity index (χ4v) is 3.22. The van der Waals surface area contributed by atoms with Crippen LogP contribution in [0.3, 0.4) is 0 Å². The molecule has 5 nitrogen and oxygen atoms in total. The van der Waals surface area contributed by atoms with Gasteiger partial charge in [0.05, 0.1) is 29.8 Å². The van der Waals surface area contributed by atoms with Crippen LogP contribution in [0.2, 0.25) is 0 Å². The number of ether oxygens (including phenoxy) is 1. The zero-order valence-corrected chi connectivity index (χ0v) is 12.5. The van der Waals surface area contributed by atoms with Gasteiger partial charge in [0, 0.05) is 6.07 Å². The van der Waals surface area contributed by atoms with E-state index in [0.717, 1.165) is 4.83 Å². The summed E-state index contributed by atoms with van der Waals surface area (Å²) >= 11 is 6.70. The van der Waals surface area contributed by atoms with E-state index < -0.39 is 0 Å². The predicted octanol–water partition coefficient (Wildman–Crippen LogP) is 2.99. The number of methoxy groups -OCH3 is 1. The molecule has 0 saturated heterocycles. The standard InChI is InChI=1S/C14H9N3O2S2/c1-19-11-6-8(7-15)2-3-10(11)17-13(18)9-4-5-21-12(9)16-14(17)20/h2-6H,1H3,(H,16,20). The number of hydrogen-bond acceptors (Lipinski definition) is 5. The number of hydrogen-bond donors (Lipinski definition) is 1. The molecule has 0 spiro atoms. The highest BCUT2D eigenvalue weighted by atomic mass is 32.1. The van der Waals surface area contributed by atoms with Crippen LogP contribution in [-0.4, -0.2) is 16.7 Å². The van der Waals surface area contributed by atoms with Gasteiger partial charge in [-0.3, -0.25) is 4.79 Å². The van der Waals surface area contributed by atoms with E-state index in [-0.39, 0.29) is 10.3 Å². The minimum Gasteiger partial charge on any atom is -0.495 e. The molecule has 0 aliphatic rings. The molecule has 0 radical (unpaired) electrons. The summed E-state index contributed by atoms with van der Waals surface area (Å²) < 4.78 is 6.95. The molecule has 0 fully saturated rings. The van der Waals surface area contributed by atoms with Crippen molar-refractivity contribution in [2.24, 2.45) is 0 Å². The number of aromatic nitrogens is 2. The number of H-pyrrole nitrogens is 1. The first-order chi connectivity index (χ1) is 10.2. The van der Waals surface area contributed by atoms with Crippen LogP contribution in [0, 0.1) is 16.1 Å². The lowest BCUT2D eigenvalue weighted by molar-refractivity contribution is 0.412. The second kappa shape index (κ2) is 5.16. The van der Waals surface area contributed by atoms with Crippen LogP contribution in [0.1, 0.15) is 5.56 Å². The van der Waals surface area contributed by atoms with E-state index in [1.165, 1.54) is 23.0 Å². The highest BCUT2D eigenvalue weighted by Gasteiger charge is 2.13. The van der Waals surface area contributed by atoms with Gasteiger partial charge in [-0.15, -0.1) is 11.3 Å². The van der Waals surface area contributed by atoms with Crippen LogP contribution in [-0.2, 0) is 0 Å². The van der Waals surface area contributed by atoms with Gasteiger partial charge >= 0.3 is 0 Å². The highest BCUT2D eigenvalue weighted by Crippen LogP contribution is 2.24. The molecular formula is C14H9N3O2S2. The number of nitrogens with one attached hydrogen (secondary N) is 1. The summed E-state index contributed by atoms with van der Waals surface area (Å²) in [7, 11) is 1.49. The fourth-order valence-electron chi connectivity index (χ4n) is 2.09. The average molecular weight is 315 g/mol. The predicted molar refractivity (Wildman–Crippen MR) is 83.9 cm³/mol. The van der Waals surface area contributed by atoms with E-state index in [9.17, 15) is 4.79 Å². The molecule has 1 N–H and O–H groups in total. The van der Waals surface area contributed by atoms with Gasteiger partial charge in [-0.05, 0) is 35.8 Å². The molecule has 0 atom stereocenters. The van der Waals surface area contributed by atoms with E-state index in [0.29, 0.717) is 22.4 Å². The fraction of sp³-hybridized carbons (Fsp3) is 0.0714. The smallest absolute Gasteiger partial charge is 0.267 e. The summed E-state index contributed by atoms with van der Waals surface area (Å²) in [6.45, 7) is 0. The van der Waals surface area contributed by atoms with Crippen molar-refractivity contribution in [3.05, 3.63) is 50.3 Å². The van der Waals surface area contributed by atoms with Crippen molar-refractivity contribution in [2.45, 2.75) is 0 Å². The molecule has 2 heterocycles. The number of rotatable bonds is 2. The number of nitriles is 1. The second-order valence-corrected chi connectivity index (χ2v) is 5.54. The van der Waals surface area contributed by atoms with Crippen molar-refractivity contribution < 1.29 is 4.74 Å². The molecule has 0 bridgehead atoms. The molecule has 0 aliphatic heterocycles. The third-order valence-electron chi connectivity index (χ3n) is 3.07. The van der Waals surface area contributed by atoms with E-state index in [4.69, 9.17) is 22.2 Å². The van der Waals surface area contributed by atoms with Gasteiger partial charge in [-0.2, -0.15) is 5.26 Å². The maximum absolute atomic E-state index is 12.6. The Balaban J connectivity index is 2.38. The van der Waals surface area contributed by atoms with Crippen molar-refractivity contribution in [1.82, 2.24) is 9.55 Å². The van der Waals surface area contributed by atoms with Crippen LogP contribution >= 0.6 is 23.6 Å². The molecule has 0 aliphatic carbocycles. The number of benzene rings is 1. The van der Waals surface area contributed by atoms with Crippen molar-refractivity contribution in [1.29, 1.82) is 5.26 Å². The Hall–Kier alpha value is -2.43. The number of aromatic amines is 1. The maximum Gasteiger partial charge on any atom is 0.267 e. The van der Waals surface area contributed by atoms with E-state index in [1.807, 2.05) is 11.4 Å². The van der Waals surface area contributed by atoms with Crippen LogP contribution in [0.4, 0.5) is 0 Å². The van der Waals surface area contributed by atoms with E-state index >= 15 is 0 Å². The van der Waals surface area contributed by atoms with Crippen LogP contribution in [0.25, 0.3) is 15.9 Å². The Kier molecular flexibility index (Phi) is 3.33. The molecule has 21 heavy (non-hydrogen) atoms. The van der Waals surface area contributed by atoms with E-state index in [1.54, 1.807) is 24.3 Å². The third kappa shape index (κ3) is 2.14. The molecule has 104 valence electrons. The van der Waals surface area contributed by atoms with Crippen molar-refractivity contribution >= 4 is 33.8 Å². The first-order valence-corrected chi connectivity index (χ1v) is 7.25. The lowest BCUT2D eigenvalue weighted by Gasteiger charge is -2.11. The van der Waals surface area contributed by atoms with Crippen molar-refractivity contribution in [3.63, 3.8) is 0 Å². The van der Waals surface area contributed by atoms with Crippen LogP contribution in [0.5, 0.6) is 5.75 Å². The first kappa shape index (κ1) is 13.5. The number of nitrogens with zero attached hydrogens (tertiary/aromatic N) is 2. The Morgan fingerprint density at radius 2 is 2.24 bits per heavy atom. The number of fused-ring (bicyclic) bond motifs is 1. The SMILES string of the molecule is COc1cc(C#N)ccc1-n1c(=S)[nH]c2sccc2c1=O. The Bertz CT molecular complexity index is 992. The Morgan fingerprint density at radius 3 is 2.95 bits per heavy atom. The topological polar surface area (TPSA) is 70.8 Å². The largest absolute Gasteiger partial charge is 0.495 e. The Morgan fingerprint density at radius 1 is 1.43 bits per heavy atom. The van der Waals surface area contributed by atoms with Gasteiger partial charge in [-0.1, -0.05) is 0 Å². The zero-order valence-electron chi connectivity index (χ0n) is 10.9. The van der Waals surface area contributed by atoms with Crippen molar-refractivity contribution in [2.75, 3.05) is 7.11 Å². The average Bonchev–Trinajstić information content (AvgIpc) is 2.95. The Labute approximate surface area is 128 Å². The van der Waals surface area contributed by atoms with Gasteiger partial charge in [0.2, 0.25) is 0 Å². The molecule has 0 amide bonds. The first-order valence-electron chi connectivity index (χ1n) is 5.96. The minimum atomic E-state index is -0.210. The van der Waals surface area contributed by atoms with Crippen LogP contribution < -0.4 is 10.3 Å². The van der Waals surface area contributed by atoms with Crippen LogP contribution in [0.15, 0.2) is 34.4 Å². The summed E-state index contributed by atoms with van der Waals surface area (Å²) in [5.41, 5.74) is 0.754. The second-order valence-electron chi connectivity index (χ2n) is 4.23. The summed E-state index contributed by atoms with van der Waals surface area (Å²) in [6, 6.07) is 8.64. The van der Waals surface area contributed by atoms with Gasteiger partial charge in [0.15, 0.2) is 4.77 Å². The maximum atomic E-state index is 12.6. The normalized spacial score (nSPS) is 10.5. The third-order valence-corrected chi connectivity index (χ3v) is 4.19. The van der Waals surface area contributed by atoms with Gasteiger partial charge in [0.1, 0.15) is 10.6 Å². The van der Waals surface area contributed by atoms with Gasteiger partial charge < -0.3 is 9.72 Å². The molecular weight excluding hydrogens is 306 g/mol. The molecule has 1 aromatic carbocycles. The highest BCUT2D eigenvalue weighted by molar-refractivity contribution is 7.71. The number of thiophene rings is 1. The molecule has 3 rings (SSSR count). The lowest BCUT2D eigenvalue weighted by Crippen LogP contribution is -2.20. The lowest BCUT2D eigenvalue weighted by atomic mass is 10.2. The molecule has 3 aromatic rings. The zero-order chi connectivity index (χ0) is 15.0. The quantitative estimate of drug-likeness (QED) is 0.738. The van der Waals surface area contributed by atoms with Gasteiger partial charge in [-0.25, -0.2) is 4.57 Å². The van der Waals surface area contributed by atoms with Gasteiger partial charge in [0.25, 0.3) is 5.56 Å².